The molecule has 154 valence electrons. The van der Waals surface area contributed by atoms with Crippen LogP contribution in [-0.2, 0) is 11.2 Å². The summed E-state index contributed by atoms with van der Waals surface area (Å²) < 4.78 is 18.8. The quantitative estimate of drug-likeness (QED) is 0.797. The van der Waals surface area contributed by atoms with Gasteiger partial charge in [-0.05, 0) is 42.4 Å². The molecule has 1 aromatic heterocycles. The monoisotopic (exact) mass is 400 g/mol. The van der Waals surface area contributed by atoms with Gasteiger partial charge in [-0.1, -0.05) is 6.07 Å². The second kappa shape index (κ2) is 8.32. The summed E-state index contributed by atoms with van der Waals surface area (Å²) in [6, 6.07) is 4.50. The number of nitrogens with zero attached hydrogens (tertiary/aromatic N) is 3. The summed E-state index contributed by atoms with van der Waals surface area (Å²) in [5.41, 5.74) is 0.630. The van der Waals surface area contributed by atoms with Crippen LogP contribution >= 0.6 is 0 Å². The fraction of sp³-hybridized carbons (Fsp3) is 0.476. The number of rotatable bonds is 5. The number of anilines is 1. The summed E-state index contributed by atoms with van der Waals surface area (Å²) in [7, 11) is 1.41. The summed E-state index contributed by atoms with van der Waals surface area (Å²) in [6.45, 7) is 1.30. The molecule has 1 amide bonds. The Kier molecular flexibility index (Phi) is 5.62. The predicted molar refractivity (Wildman–Crippen MR) is 105 cm³/mol. The molecule has 8 heteroatoms. The number of aliphatic hydroxyl groups is 1. The van der Waals surface area contributed by atoms with E-state index in [0.29, 0.717) is 36.8 Å². The molecular weight excluding hydrogens is 375 g/mol. The van der Waals surface area contributed by atoms with Crippen LogP contribution in [0.1, 0.15) is 18.4 Å². The molecule has 2 aliphatic rings. The van der Waals surface area contributed by atoms with Crippen molar-refractivity contribution in [3.05, 3.63) is 48.2 Å². The summed E-state index contributed by atoms with van der Waals surface area (Å²) in [5.74, 6) is 0.933. The lowest BCUT2D eigenvalue weighted by Crippen LogP contribution is -2.43. The first-order valence-electron chi connectivity index (χ1n) is 9.84. The molecule has 2 N–H and O–H groups in total. The van der Waals surface area contributed by atoms with Crippen LogP contribution in [0.5, 0.6) is 5.75 Å². The fourth-order valence-electron chi connectivity index (χ4n) is 4.46. The second-order valence-electron chi connectivity index (χ2n) is 7.84. The molecule has 0 spiro atoms. The first-order valence-corrected chi connectivity index (χ1v) is 9.84. The Morgan fingerprint density at radius 3 is 2.79 bits per heavy atom. The van der Waals surface area contributed by atoms with E-state index in [-0.39, 0.29) is 30.0 Å². The van der Waals surface area contributed by atoms with Crippen molar-refractivity contribution in [2.24, 2.45) is 11.8 Å². The molecule has 7 nitrogen and oxygen atoms in total. The number of ether oxygens (including phenoxy) is 1. The van der Waals surface area contributed by atoms with E-state index in [4.69, 9.17) is 4.74 Å². The molecule has 1 aromatic carbocycles. The normalized spacial score (nSPS) is 26.1. The van der Waals surface area contributed by atoms with Gasteiger partial charge in [0.05, 0.1) is 31.9 Å². The Balaban J connectivity index is 1.36. The Morgan fingerprint density at radius 2 is 2.10 bits per heavy atom. The average Bonchev–Trinajstić information content (AvgIpc) is 3.12. The molecule has 4 rings (SSSR count). The van der Waals surface area contributed by atoms with Crippen molar-refractivity contribution in [1.29, 1.82) is 0 Å². The third-order valence-electron chi connectivity index (χ3n) is 5.96. The number of fused-ring (bicyclic) bond motifs is 1. The lowest BCUT2D eigenvalue weighted by molar-refractivity contribution is -0.129. The van der Waals surface area contributed by atoms with Gasteiger partial charge in [0.2, 0.25) is 5.91 Å². The average molecular weight is 400 g/mol. The molecule has 1 saturated heterocycles. The lowest BCUT2D eigenvalue weighted by atomic mass is 9.77. The summed E-state index contributed by atoms with van der Waals surface area (Å²) in [5, 5.41) is 13.8. The standard InChI is InChI=1S/C21H25FN4O3/c1-29-19-3-2-13(6-16(19)22)7-21(28)26-11-14-8-17(18(27)9-15(14)12-26)25-20-10-23-4-5-24-20/h2-6,10,14-15,17-18,27H,7-9,11-12H2,1H3,(H,24,25)/t14-,15+,17-,18-/m1/s1. The third-order valence-corrected chi connectivity index (χ3v) is 5.96. The molecule has 1 saturated carbocycles. The van der Waals surface area contributed by atoms with E-state index in [9.17, 15) is 14.3 Å². The first-order chi connectivity index (χ1) is 14.0. The van der Waals surface area contributed by atoms with E-state index >= 15 is 0 Å². The van der Waals surface area contributed by atoms with Crippen molar-refractivity contribution >= 4 is 11.7 Å². The van der Waals surface area contributed by atoms with Crippen molar-refractivity contribution in [2.45, 2.75) is 31.4 Å². The highest BCUT2D eigenvalue weighted by atomic mass is 19.1. The van der Waals surface area contributed by atoms with E-state index < -0.39 is 11.9 Å². The van der Waals surface area contributed by atoms with Gasteiger partial charge in [-0.3, -0.25) is 9.78 Å². The molecule has 0 bridgehead atoms. The SMILES string of the molecule is COc1ccc(CC(=O)N2C[C@H]3C[C@@H](Nc4cnccn4)[C@H](O)C[C@H]3C2)cc1F. The van der Waals surface area contributed by atoms with Crippen LogP contribution in [-0.4, -0.2) is 58.2 Å². The highest BCUT2D eigenvalue weighted by molar-refractivity contribution is 5.79. The minimum atomic E-state index is -0.496. The van der Waals surface area contributed by atoms with E-state index in [1.54, 1.807) is 30.7 Å². The van der Waals surface area contributed by atoms with Crippen LogP contribution in [0.3, 0.4) is 0 Å². The largest absolute Gasteiger partial charge is 0.494 e. The zero-order chi connectivity index (χ0) is 20.4. The van der Waals surface area contributed by atoms with Gasteiger partial charge < -0.3 is 20.1 Å². The molecule has 2 aromatic rings. The fourth-order valence-corrected chi connectivity index (χ4v) is 4.46. The van der Waals surface area contributed by atoms with E-state index in [1.807, 2.05) is 4.90 Å². The number of nitrogens with one attached hydrogen (secondary N) is 1. The molecule has 2 heterocycles. The number of halogens is 1. The summed E-state index contributed by atoms with van der Waals surface area (Å²) in [4.78, 5) is 22.8. The van der Waals surface area contributed by atoms with Gasteiger partial charge in [-0.25, -0.2) is 9.37 Å². The summed E-state index contributed by atoms with van der Waals surface area (Å²) >= 11 is 0. The lowest BCUT2D eigenvalue weighted by Gasteiger charge is -2.35. The first kappa shape index (κ1) is 19.6. The molecular formula is C21H25FN4O3. The zero-order valence-corrected chi connectivity index (χ0v) is 16.3. The Labute approximate surface area is 168 Å². The third kappa shape index (κ3) is 4.32. The predicted octanol–water partition coefficient (Wildman–Crippen LogP) is 1.88. The van der Waals surface area contributed by atoms with Gasteiger partial charge >= 0.3 is 0 Å². The van der Waals surface area contributed by atoms with Crippen molar-refractivity contribution in [2.75, 3.05) is 25.5 Å². The Hall–Kier alpha value is -2.74. The molecule has 2 fully saturated rings. The number of benzene rings is 1. The Morgan fingerprint density at radius 1 is 1.31 bits per heavy atom. The molecule has 29 heavy (non-hydrogen) atoms. The highest BCUT2D eigenvalue weighted by Gasteiger charge is 2.43. The van der Waals surface area contributed by atoms with Gasteiger partial charge in [0.15, 0.2) is 11.6 Å². The Bertz CT molecular complexity index is 866. The van der Waals surface area contributed by atoms with Crippen molar-refractivity contribution < 1.29 is 19.0 Å². The van der Waals surface area contributed by atoms with Crippen LogP contribution < -0.4 is 10.1 Å². The van der Waals surface area contributed by atoms with Crippen LogP contribution in [0, 0.1) is 17.7 Å². The number of amides is 1. The molecule has 0 radical (unpaired) electrons. The maximum Gasteiger partial charge on any atom is 0.227 e. The van der Waals surface area contributed by atoms with E-state index in [2.05, 4.69) is 15.3 Å². The highest BCUT2D eigenvalue weighted by Crippen LogP contribution is 2.37. The number of likely N-dealkylation sites (tertiary alicyclic amines) is 1. The molecule has 1 aliphatic heterocycles. The van der Waals surface area contributed by atoms with Gasteiger partial charge in [-0.2, -0.15) is 0 Å². The van der Waals surface area contributed by atoms with Crippen LogP contribution in [0.15, 0.2) is 36.8 Å². The summed E-state index contributed by atoms with van der Waals surface area (Å²) in [6.07, 6.45) is 5.92. The van der Waals surface area contributed by atoms with Gasteiger partial charge in [-0.15, -0.1) is 0 Å². The van der Waals surface area contributed by atoms with Crippen LogP contribution in [0.25, 0.3) is 0 Å². The maximum absolute atomic E-state index is 13.9. The van der Waals surface area contributed by atoms with Gasteiger partial charge in [0.1, 0.15) is 5.82 Å². The molecule has 0 unspecified atom stereocenters. The van der Waals surface area contributed by atoms with Gasteiger partial charge in [0, 0.05) is 25.5 Å². The number of carbonyl (C=O) groups is 1. The zero-order valence-electron chi connectivity index (χ0n) is 16.3. The molecule has 4 atom stereocenters. The minimum Gasteiger partial charge on any atom is -0.494 e. The van der Waals surface area contributed by atoms with Crippen molar-refractivity contribution in [3.8, 4) is 5.75 Å². The number of carbonyl (C=O) groups excluding carboxylic acids is 1. The smallest absolute Gasteiger partial charge is 0.227 e. The number of hydrogen-bond donors (Lipinski definition) is 2. The van der Waals surface area contributed by atoms with Crippen molar-refractivity contribution in [3.63, 3.8) is 0 Å². The number of aliphatic hydroxyl groups excluding tert-OH is 1. The maximum atomic E-state index is 13.9. The molecule has 1 aliphatic carbocycles. The number of methoxy groups -OCH3 is 1. The second-order valence-corrected chi connectivity index (χ2v) is 7.84. The topological polar surface area (TPSA) is 87.6 Å². The number of aromatic nitrogens is 2. The van der Waals surface area contributed by atoms with Crippen LogP contribution in [0.2, 0.25) is 0 Å². The number of hydrogen-bond acceptors (Lipinski definition) is 6. The minimum absolute atomic E-state index is 0.0168. The van der Waals surface area contributed by atoms with Crippen LogP contribution in [0.4, 0.5) is 10.2 Å². The van der Waals surface area contributed by atoms with E-state index in [1.165, 1.54) is 13.2 Å². The van der Waals surface area contributed by atoms with Crippen molar-refractivity contribution in [1.82, 2.24) is 14.9 Å². The van der Waals surface area contributed by atoms with E-state index in [0.717, 1.165) is 6.42 Å². The van der Waals surface area contributed by atoms with Gasteiger partial charge in [0.25, 0.3) is 0 Å².